The number of anilines is 1. The van der Waals surface area contributed by atoms with Crippen molar-refractivity contribution in [3.05, 3.63) is 30.3 Å². The fourth-order valence-corrected chi connectivity index (χ4v) is 2.45. The molecule has 2 fully saturated rings. The average Bonchev–Trinajstić information content (AvgIpc) is 3.02. The van der Waals surface area contributed by atoms with Crippen molar-refractivity contribution in [1.29, 1.82) is 0 Å². The van der Waals surface area contributed by atoms with Crippen LogP contribution in [0.15, 0.2) is 30.3 Å². The lowest BCUT2D eigenvalue weighted by Crippen LogP contribution is -2.27. The van der Waals surface area contributed by atoms with Crippen molar-refractivity contribution >= 4 is 5.69 Å². The van der Waals surface area contributed by atoms with E-state index in [0.717, 1.165) is 6.04 Å². The lowest BCUT2D eigenvalue weighted by molar-refractivity contribution is 0.326. The van der Waals surface area contributed by atoms with Crippen molar-refractivity contribution in [3.63, 3.8) is 0 Å². The van der Waals surface area contributed by atoms with Crippen molar-refractivity contribution in [3.8, 4) is 0 Å². The SMILES string of the molecule is c1ccc(NC2CCN(C3CC3)C2)cc1. The van der Waals surface area contributed by atoms with Crippen molar-refractivity contribution < 1.29 is 0 Å². The van der Waals surface area contributed by atoms with Gasteiger partial charge in [0.25, 0.3) is 0 Å². The third kappa shape index (κ3) is 2.15. The maximum Gasteiger partial charge on any atom is 0.0400 e. The van der Waals surface area contributed by atoms with E-state index in [1.807, 2.05) is 0 Å². The Morgan fingerprint density at radius 2 is 1.87 bits per heavy atom. The summed E-state index contributed by atoms with van der Waals surface area (Å²) in [4.78, 5) is 2.64. The molecule has 1 saturated carbocycles. The number of hydrogen-bond acceptors (Lipinski definition) is 2. The number of benzene rings is 1. The summed E-state index contributed by atoms with van der Waals surface area (Å²) in [5.74, 6) is 0. The van der Waals surface area contributed by atoms with Crippen LogP contribution < -0.4 is 5.32 Å². The van der Waals surface area contributed by atoms with E-state index in [0.29, 0.717) is 6.04 Å². The van der Waals surface area contributed by atoms with E-state index in [9.17, 15) is 0 Å². The van der Waals surface area contributed by atoms with Crippen molar-refractivity contribution in [1.82, 2.24) is 4.90 Å². The van der Waals surface area contributed by atoms with Crippen molar-refractivity contribution in [2.75, 3.05) is 18.4 Å². The summed E-state index contributed by atoms with van der Waals surface area (Å²) in [6.07, 6.45) is 4.15. The molecule has 2 heteroatoms. The van der Waals surface area contributed by atoms with E-state index >= 15 is 0 Å². The van der Waals surface area contributed by atoms with Gasteiger partial charge in [0.15, 0.2) is 0 Å². The molecule has 0 amide bonds. The first-order valence-corrected chi connectivity index (χ1v) is 5.97. The standard InChI is InChI=1S/C13H18N2/c1-2-4-11(5-3-1)14-12-8-9-15(10-12)13-6-7-13/h1-5,12-14H,6-10H2. The van der Waals surface area contributed by atoms with E-state index in [2.05, 4.69) is 40.5 Å². The Labute approximate surface area is 91.3 Å². The Balaban J connectivity index is 1.56. The highest BCUT2D eigenvalue weighted by Gasteiger charge is 2.34. The number of nitrogens with one attached hydrogen (secondary N) is 1. The van der Waals surface area contributed by atoms with Crippen LogP contribution in [0.2, 0.25) is 0 Å². The molecular formula is C13H18N2. The average molecular weight is 202 g/mol. The maximum absolute atomic E-state index is 3.61. The monoisotopic (exact) mass is 202 g/mol. The first-order chi connectivity index (χ1) is 7.42. The minimum atomic E-state index is 0.660. The first-order valence-electron chi connectivity index (χ1n) is 5.97. The third-order valence-electron chi connectivity index (χ3n) is 3.43. The number of likely N-dealkylation sites (tertiary alicyclic amines) is 1. The van der Waals surface area contributed by atoms with Crippen LogP contribution in [0.1, 0.15) is 19.3 Å². The second-order valence-electron chi connectivity index (χ2n) is 4.72. The largest absolute Gasteiger partial charge is 0.381 e. The van der Waals surface area contributed by atoms with E-state index in [1.54, 1.807) is 0 Å². The smallest absolute Gasteiger partial charge is 0.0400 e. The van der Waals surface area contributed by atoms with Crippen LogP contribution in [-0.2, 0) is 0 Å². The highest BCUT2D eigenvalue weighted by molar-refractivity contribution is 5.43. The molecule has 1 saturated heterocycles. The van der Waals surface area contributed by atoms with Crippen LogP contribution >= 0.6 is 0 Å². The van der Waals surface area contributed by atoms with Crippen LogP contribution in [0.25, 0.3) is 0 Å². The van der Waals surface area contributed by atoms with Gasteiger partial charge >= 0.3 is 0 Å². The minimum Gasteiger partial charge on any atom is -0.381 e. The van der Waals surface area contributed by atoms with Crippen molar-refractivity contribution in [2.45, 2.75) is 31.3 Å². The Morgan fingerprint density at radius 3 is 2.60 bits per heavy atom. The summed E-state index contributed by atoms with van der Waals surface area (Å²) in [7, 11) is 0. The summed E-state index contributed by atoms with van der Waals surface area (Å²) < 4.78 is 0. The molecule has 1 aliphatic heterocycles. The van der Waals surface area contributed by atoms with Gasteiger partial charge < -0.3 is 5.32 Å². The van der Waals surface area contributed by atoms with Gasteiger partial charge in [-0.25, -0.2) is 0 Å². The molecule has 2 aliphatic rings. The zero-order chi connectivity index (χ0) is 10.1. The normalized spacial score (nSPS) is 26.8. The Bertz CT molecular complexity index is 319. The van der Waals surface area contributed by atoms with E-state index in [-0.39, 0.29) is 0 Å². The van der Waals surface area contributed by atoms with Gasteiger partial charge in [0, 0.05) is 30.9 Å². The summed E-state index contributed by atoms with van der Waals surface area (Å²) in [6, 6.07) is 12.1. The molecule has 15 heavy (non-hydrogen) atoms. The van der Waals surface area contributed by atoms with Gasteiger partial charge in [-0.2, -0.15) is 0 Å². The van der Waals surface area contributed by atoms with E-state index < -0.39 is 0 Å². The van der Waals surface area contributed by atoms with Gasteiger partial charge in [0.1, 0.15) is 0 Å². The van der Waals surface area contributed by atoms with Crippen LogP contribution in [0, 0.1) is 0 Å². The molecule has 0 spiro atoms. The highest BCUT2D eigenvalue weighted by atomic mass is 15.2. The fraction of sp³-hybridized carbons (Fsp3) is 0.538. The third-order valence-corrected chi connectivity index (χ3v) is 3.43. The molecule has 1 N–H and O–H groups in total. The quantitative estimate of drug-likeness (QED) is 0.809. The first kappa shape index (κ1) is 9.22. The Kier molecular flexibility index (Phi) is 2.37. The number of para-hydroxylation sites is 1. The molecule has 1 atom stereocenters. The minimum absolute atomic E-state index is 0.660. The summed E-state index contributed by atoms with van der Waals surface area (Å²) in [5.41, 5.74) is 1.26. The summed E-state index contributed by atoms with van der Waals surface area (Å²) in [5, 5.41) is 3.61. The predicted octanol–water partition coefficient (Wildman–Crippen LogP) is 2.34. The lowest BCUT2D eigenvalue weighted by Gasteiger charge is -2.16. The van der Waals surface area contributed by atoms with Crippen LogP contribution in [0.3, 0.4) is 0 Å². The zero-order valence-corrected chi connectivity index (χ0v) is 9.02. The molecule has 2 nitrogen and oxygen atoms in total. The van der Waals surface area contributed by atoms with Gasteiger partial charge in [-0.05, 0) is 31.4 Å². The number of hydrogen-bond donors (Lipinski definition) is 1. The van der Waals surface area contributed by atoms with Crippen LogP contribution in [0.5, 0.6) is 0 Å². The van der Waals surface area contributed by atoms with Crippen molar-refractivity contribution in [2.24, 2.45) is 0 Å². The summed E-state index contributed by atoms with van der Waals surface area (Å²) in [6.45, 7) is 2.52. The molecule has 1 aromatic carbocycles. The van der Waals surface area contributed by atoms with Crippen LogP contribution in [-0.4, -0.2) is 30.1 Å². The molecule has 1 unspecified atom stereocenters. The maximum atomic E-state index is 3.61. The van der Waals surface area contributed by atoms with E-state index in [1.165, 1.54) is 38.0 Å². The number of rotatable bonds is 3. The molecule has 0 aromatic heterocycles. The predicted molar refractivity (Wildman–Crippen MR) is 63.1 cm³/mol. The Morgan fingerprint density at radius 1 is 1.07 bits per heavy atom. The van der Waals surface area contributed by atoms with Gasteiger partial charge in [0.05, 0.1) is 0 Å². The molecule has 0 radical (unpaired) electrons. The summed E-state index contributed by atoms with van der Waals surface area (Å²) >= 11 is 0. The van der Waals surface area contributed by atoms with Gasteiger partial charge in [0.2, 0.25) is 0 Å². The molecule has 1 aliphatic carbocycles. The van der Waals surface area contributed by atoms with E-state index in [4.69, 9.17) is 0 Å². The molecule has 1 heterocycles. The fourth-order valence-electron chi connectivity index (χ4n) is 2.45. The molecule has 80 valence electrons. The molecule has 3 rings (SSSR count). The Hall–Kier alpha value is -1.02. The molecule has 0 bridgehead atoms. The highest BCUT2D eigenvalue weighted by Crippen LogP contribution is 2.30. The van der Waals surface area contributed by atoms with Gasteiger partial charge in [-0.15, -0.1) is 0 Å². The molecular weight excluding hydrogens is 184 g/mol. The second kappa shape index (κ2) is 3.86. The second-order valence-corrected chi connectivity index (χ2v) is 4.72. The number of nitrogens with zero attached hydrogens (tertiary/aromatic N) is 1. The molecule has 1 aromatic rings. The lowest BCUT2D eigenvalue weighted by atomic mass is 10.2. The van der Waals surface area contributed by atoms with Crippen LogP contribution in [0.4, 0.5) is 5.69 Å². The topological polar surface area (TPSA) is 15.3 Å². The zero-order valence-electron chi connectivity index (χ0n) is 9.02. The van der Waals surface area contributed by atoms with Gasteiger partial charge in [-0.3, -0.25) is 4.90 Å². The van der Waals surface area contributed by atoms with Gasteiger partial charge in [-0.1, -0.05) is 18.2 Å².